The second-order valence-corrected chi connectivity index (χ2v) is 7.02. The highest BCUT2D eigenvalue weighted by atomic mass is 35.5. The number of halogens is 1. The fraction of sp³-hybridized carbons (Fsp3) is 0.556. The van der Waals surface area contributed by atoms with Gasteiger partial charge in [0.1, 0.15) is 0 Å². The molecule has 0 radical (unpaired) electrons. The number of nitrogens with zero attached hydrogens (tertiary/aromatic N) is 2. The molecule has 1 aromatic carbocycles. The van der Waals surface area contributed by atoms with E-state index in [-0.39, 0.29) is 17.9 Å². The molecule has 130 valence electrons. The van der Waals surface area contributed by atoms with Gasteiger partial charge in [-0.2, -0.15) is 0 Å². The minimum atomic E-state index is -0.132. The van der Waals surface area contributed by atoms with Crippen LogP contribution in [-0.4, -0.2) is 47.9 Å². The molecule has 1 aliphatic carbocycles. The number of carbonyl (C=O) groups excluding carboxylic acids is 2. The van der Waals surface area contributed by atoms with Crippen molar-refractivity contribution in [1.29, 1.82) is 0 Å². The van der Waals surface area contributed by atoms with Crippen molar-refractivity contribution in [2.24, 2.45) is 5.92 Å². The molecule has 1 aromatic rings. The minimum absolute atomic E-state index is 0.132. The Morgan fingerprint density at radius 2 is 1.71 bits per heavy atom. The zero-order valence-electron chi connectivity index (χ0n) is 13.8. The summed E-state index contributed by atoms with van der Waals surface area (Å²) in [5, 5.41) is 3.47. The maximum Gasteiger partial charge on any atom is 0.321 e. The summed E-state index contributed by atoms with van der Waals surface area (Å²) < 4.78 is 0. The number of rotatable bonds is 2. The van der Waals surface area contributed by atoms with E-state index in [1.165, 1.54) is 12.8 Å². The molecule has 0 bridgehead atoms. The first kappa shape index (κ1) is 17.1. The van der Waals surface area contributed by atoms with Crippen LogP contribution in [0.2, 0.25) is 5.02 Å². The van der Waals surface area contributed by atoms with Gasteiger partial charge in [-0.05, 0) is 37.5 Å². The van der Waals surface area contributed by atoms with Crippen LogP contribution < -0.4 is 5.32 Å². The maximum absolute atomic E-state index is 12.6. The second-order valence-electron chi connectivity index (χ2n) is 6.59. The Morgan fingerprint density at radius 3 is 2.46 bits per heavy atom. The van der Waals surface area contributed by atoms with Gasteiger partial charge in [0.05, 0.1) is 0 Å². The topological polar surface area (TPSA) is 52.7 Å². The van der Waals surface area contributed by atoms with Crippen LogP contribution in [0.3, 0.4) is 0 Å². The van der Waals surface area contributed by atoms with Crippen LogP contribution in [0, 0.1) is 5.92 Å². The first-order chi connectivity index (χ1) is 11.6. The van der Waals surface area contributed by atoms with Crippen LogP contribution in [-0.2, 0) is 4.79 Å². The van der Waals surface area contributed by atoms with Crippen LogP contribution in [0.25, 0.3) is 0 Å². The molecule has 5 nitrogen and oxygen atoms in total. The van der Waals surface area contributed by atoms with E-state index in [4.69, 9.17) is 11.6 Å². The molecule has 0 atom stereocenters. The molecule has 1 saturated carbocycles. The van der Waals surface area contributed by atoms with Gasteiger partial charge in [-0.25, -0.2) is 4.79 Å². The molecule has 1 heterocycles. The van der Waals surface area contributed by atoms with Crippen LogP contribution in [0.1, 0.15) is 32.1 Å². The third-order valence-corrected chi connectivity index (χ3v) is 5.11. The number of urea groups is 1. The Morgan fingerprint density at radius 1 is 1.00 bits per heavy atom. The van der Waals surface area contributed by atoms with Crippen molar-refractivity contribution in [3.8, 4) is 0 Å². The first-order valence-electron chi connectivity index (χ1n) is 8.74. The highest BCUT2D eigenvalue weighted by Crippen LogP contribution is 2.27. The van der Waals surface area contributed by atoms with Crippen LogP contribution >= 0.6 is 11.6 Å². The lowest BCUT2D eigenvalue weighted by Crippen LogP contribution is -2.40. The van der Waals surface area contributed by atoms with Gasteiger partial charge in [-0.3, -0.25) is 4.79 Å². The summed E-state index contributed by atoms with van der Waals surface area (Å²) in [7, 11) is 0. The van der Waals surface area contributed by atoms with E-state index in [0.29, 0.717) is 30.3 Å². The van der Waals surface area contributed by atoms with Crippen molar-refractivity contribution in [1.82, 2.24) is 9.80 Å². The molecule has 6 heteroatoms. The Labute approximate surface area is 147 Å². The quantitative estimate of drug-likeness (QED) is 0.887. The van der Waals surface area contributed by atoms with E-state index in [1.807, 2.05) is 17.0 Å². The fourth-order valence-corrected chi connectivity index (χ4v) is 3.73. The molecule has 2 aliphatic rings. The molecular formula is C18H24ClN3O2. The minimum Gasteiger partial charge on any atom is -0.341 e. The lowest BCUT2D eigenvalue weighted by atomic mass is 10.1. The van der Waals surface area contributed by atoms with Gasteiger partial charge in [0, 0.05) is 42.8 Å². The van der Waals surface area contributed by atoms with E-state index in [9.17, 15) is 9.59 Å². The van der Waals surface area contributed by atoms with Gasteiger partial charge in [0.15, 0.2) is 0 Å². The lowest BCUT2D eigenvalue weighted by molar-refractivity contribution is -0.135. The van der Waals surface area contributed by atoms with E-state index in [2.05, 4.69) is 5.32 Å². The standard InChI is InChI=1S/C18H24ClN3O2/c19-15-7-3-8-16(13-15)20-18(24)22-10-4-9-21(11-12-22)17(23)14-5-1-2-6-14/h3,7-8,13-14H,1-2,4-6,9-12H2,(H,20,24). The van der Waals surface area contributed by atoms with Gasteiger partial charge in [0.2, 0.25) is 5.91 Å². The number of hydrogen-bond acceptors (Lipinski definition) is 2. The van der Waals surface area contributed by atoms with Crippen molar-refractivity contribution in [3.05, 3.63) is 29.3 Å². The van der Waals surface area contributed by atoms with Crippen LogP contribution in [0.4, 0.5) is 10.5 Å². The Bertz CT molecular complexity index is 602. The number of benzene rings is 1. The fourth-order valence-electron chi connectivity index (χ4n) is 3.54. The summed E-state index contributed by atoms with van der Waals surface area (Å²) in [6.07, 6.45) is 5.20. The molecule has 24 heavy (non-hydrogen) atoms. The Balaban J connectivity index is 1.54. The SMILES string of the molecule is O=C(Nc1cccc(Cl)c1)N1CCCN(C(=O)C2CCCC2)CC1. The third kappa shape index (κ3) is 4.20. The average molecular weight is 350 g/mol. The highest BCUT2D eigenvalue weighted by Gasteiger charge is 2.29. The number of nitrogens with one attached hydrogen (secondary N) is 1. The van der Waals surface area contributed by atoms with Crippen molar-refractivity contribution in [2.45, 2.75) is 32.1 Å². The Kier molecular flexibility index (Phi) is 5.61. The summed E-state index contributed by atoms with van der Waals surface area (Å²) in [6.45, 7) is 2.61. The highest BCUT2D eigenvalue weighted by molar-refractivity contribution is 6.30. The normalized spacial score (nSPS) is 19.2. The largest absolute Gasteiger partial charge is 0.341 e. The van der Waals surface area contributed by atoms with E-state index in [0.717, 1.165) is 25.8 Å². The molecule has 2 fully saturated rings. The van der Waals surface area contributed by atoms with E-state index < -0.39 is 0 Å². The number of hydrogen-bond donors (Lipinski definition) is 1. The zero-order valence-corrected chi connectivity index (χ0v) is 14.6. The van der Waals surface area contributed by atoms with E-state index >= 15 is 0 Å². The van der Waals surface area contributed by atoms with E-state index in [1.54, 1.807) is 17.0 Å². The first-order valence-corrected chi connectivity index (χ1v) is 9.11. The molecule has 1 aliphatic heterocycles. The molecule has 0 spiro atoms. The summed E-state index contributed by atoms with van der Waals surface area (Å²) in [5.41, 5.74) is 0.690. The molecule has 3 rings (SSSR count). The van der Waals surface area contributed by atoms with Crippen LogP contribution in [0.15, 0.2) is 24.3 Å². The van der Waals surface area contributed by atoms with Crippen molar-refractivity contribution < 1.29 is 9.59 Å². The predicted octanol–water partition coefficient (Wildman–Crippen LogP) is 3.60. The Hall–Kier alpha value is -1.75. The van der Waals surface area contributed by atoms with Crippen molar-refractivity contribution >= 4 is 29.2 Å². The zero-order chi connectivity index (χ0) is 16.9. The molecule has 0 aromatic heterocycles. The van der Waals surface area contributed by atoms with Gasteiger partial charge in [-0.1, -0.05) is 30.5 Å². The third-order valence-electron chi connectivity index (χ3n) is 4.88. The second kappa shape index (κ2) is 7.88. The summed E-state index contributed by atoms with van der Waals surface area (Å²) in [4.78, 5) is 28.7. The summed E-state index contributed by atoms with van der Waals surface area (Å²) in [6, 6.07) is 7.00. The number of carbonyl (C=O) groups is 2. The predicted molar refractivity (Wildman–Crippen MR) is 95.2 cm³/mol. The molecular weight excluding hydrogens is 326 g/mol. The van der Waals surface area contributed by atoms with Gasteiger partial charge >= 0.3 is 6.03 Å². The summed E-state index contributed by atoms with van der Waals surface area (Å²) >= 11 is 5.95. The number of anilines is 1. The maximum atomic E-state index is 12.6. The van der Waals surface area contributed by atoms with Crippen molar-refractivity contribution in [2.75, 3.05) is 31.5 Å². The molecule has 0 unspecified atom stereocenters. The molecule has 1 saturated heterocycles. The van der Waals surface area contributed by atoms with Gasteiger partial charge in [0.25, 0.3) is 0 Å². The lowest BCUT2D eigenvalue weighted by Gasteiger charge is -2.24. The molecule has 3 amide bonds. The summed E-state index contributed by atoms with van der Waals surface area (Å²) in [5.74, 6) is 0.487. The van der Waals surface area contributed by atoms with Gasteiger partial charge < -0.3 is 15.1 Å². The van der Waals surface area contributed by atoms with Crippen LogP contribution in [0.5, 0.6) is 0 Å². The average Bonchev–Trinajstić information content (AvgIpc) is 2.98. The number of amides is 3. The smallest absolute Gasteiger partial charge is 0.321 e. The van der Waals surface area contributed by atoms with Gasteiger partial charge in [-0.15, -0.1) is 0 Å². The molecule has 1 N–H and O–H groups in total. The monoisotopic (exact) mass is 349 g/mol. The van der Waals surface area contributed by atoms with Crippen molar-refractivity contribution in [3.63, 3.8) is 0 Å².